The molecule has 1 saturated heterocycles. The fourth-order valence-corrected chi connectivity index (χ4v) is 1.51. The molecule has 5 nitrogen and oxygen atoms in total. The van der Waals surface area contributed by atoms with Gasteiger partial charge in [-0.3, -0.25) is 19.8 Å². The van der Waals surface area contributed by atoms with Crippen molar-refractivity contribution < 1.29 is 9.59 Å². The van der Waals surface area contributed by atoms with E-state index in [-0.39, 0.29) is 11.8 Å². The number of amides is 2. The summed E-state index contributed by atoms with van der Waals surface area (Å²) in [5, 5.41) is 2.27. The van der Waals surface area contributed by atoms with Gasteiger partial charge in [0.15, 0.2) is 0 Å². The molecule has 3 N–H and O–H groups in total. The summed E-state index contributed by atoms with van der Waals surface area (Å²) in [7, 11) is 0. The average molecular weight is 199 g/mol. The monoisotopic (exact) mass is 199 g/mol. The van der Waals surface area contributed by atoms with Crippen molar-refractivity contribution in [2.75, 3.05) is 26.2 Å². The van der Waals surface area contributed by atoms with Crippen molar-refractivity contribution in [2.24, 2.45) is 5.73 Å². The molecule has 0 aliphatic carbocycles. The summed E-state index contributed by atoms with van der Waals surface area (Å²) >= 11 is 0. The van der Waals surface area contributed by atoms with Gasteiger partial charge >= 0.3 is 0 Å². The highest BCUT2D eigenvalue weighted by Crippen LogP contribution is 2.00. The number of rotatable bonds is 5. The van der Waals surface area contributed by atoms with Crippen molar-refractivity contribution >= 4 is 11.8 Å². The van der Waals surface area contributed by atoms with Gasteiger partial charge in [0, 0.05) is 0 Å². The molecule has 0 spiro atoms. The lowest BCUT2D eigenvalue weighted by atomic mass is 10.2. The molecule has 0 atom stereocenters. The SMILES string of the molecule is NCCCCCN1CC(=O)NC(=O)C1. The van der Waals surface area contributed by atoms with Gasteiger partial charge in [-0.15, -0.1) is 0 Å². The Morgan fingerprint density at radius 1 is 1.14 bits per heavy atom. The maximum absolute atomic E-state index is 11.0. The largest absolute Gasteiger partial charge is 0.330 e. The van der Waals surface area contributed by atoms with Crippen LogP contribution in [0.15, 0.2) is 0 Å². The highest BCUT2D eigenvalue weighted by molar-refractivity contribution is 5.99. The fraction of sp³-hybridized carbons (Fsp3) is 0.778. The molecule has 1 aliphatic rings. The summed E-state index contributed by atoms with van der Waals surface area (Å²) < 4.78 is 0. The van der Waals surface area contributed by atoms with Crippen LogP contribution in [0.1, 0.15) is 19.3 Å². The molecule has 2 amide bonds. The molecule has 5 heteroatoms. The van der Waals surface area contributed by atoms with E-state index < -0.39 is 0 Å². The van der Waals surface area contributed by atoms with Crippen molar-refractivity contribution in [2.45, 2.75) is 19.3 Å². The third-order valence-corrected chi connectivity index (χ3v) is 2.19. The number of carbonyl (C=O) groups is 2. The zero-order chi connectivity index (χ0) is 10.4. The smallest absolute Gasteiger partial charge is 0.240 e. The molecule has 1 rings (SSSR count). The van der Waals surface area contributed by atoms with Crippen LogP contribution < -0.4 is 11.1 Å². The van der Waals surface area contributed by atoms with E-state index in [0.717, 1.165) is 25.8 Å². The number of hydrogen-bond acceptors (Lipinski definition) is 4. The molecule has 0 bridgehead atoms. The average Bonchev–Trinajstić information content (AvgIpc) is 2.11. The van der Waals surface area contributed by atoms with Crippen LogP contribution in [0.3, 0.4) is 0 Å². The molecule has 0 aromatic carbocycles. The molecule has 0 radical (unpaired) electrons. The fourth-order valence-electron chi connectivity index (χ4n) is 1.51. The van der Waals surface area contributed by atoms with Crippen LogP contribution in [0.4, 0.5) is 0 Å². The van der Waals surface area contributed by atoms with Gasteiger partial charge in [-0.1, -0.05) is 6.42 Å². The second kappa shape index (κ2) is 5.72. The first-order chi connectivity index (χ1) is 6.72. The van der Waals surface area contributed by atoms with Crippen LogP contribution >= 0.6 is 0 Å². The van der Waals surface area contributed by atoms with Crippen molar-refractivity contribution in [3.63, 3.8) is 0 Å². The van der Waals surface area contributed by atoms with Crippen LogP contribution in [0.25, 0.3) is 0 Å². The third-order valence-electron chi connectivity index (χ3n) is 2.19. The van der Waals surface area contributed by atoms with Gasteiger partial charge in [-0.25, -0.2) is 0 Å². The second-order valence-electron chi connectivity index (χ2n) is 3.53. The van der Waals surface area contributed by atoms with E-state index in [1.54, 1.807) is 0 Å². The Morgan fingerprint density at radius 2 is 1.79 bits per heavy atom. The summed E-state index contributed by atoms with van der Waals surface area (Å²) in [5.74, 6) is -0.389. The van der Waals surface area contributed by atoms with Gasteiger partial charge < -0.3 is 5.73 Å². The minimum absolute atomic E-state index is 0.194. The molecule has 1 fully saturated rings. The Hall–Kier alpha value is -0.940. The number of piperazine rings is 1. The number of nitrogens with one attached hydrogen (secondary N) is 1. The molecule has 80 valence electrons. The molecule has 1 aliphatic heterocycles. The maximum atomic E-state index is 11.0. The van der Waals surface area contributed by atoms with Crippen LogP contribution in [0.5, 0.6) is 0 Å². The van der Waals surface area contributed by atoms with Gasteiger partial charge in [0.25, 0.3) is 0 Å². The third kappa shape index (κ3) is 3.85. The predicted octanol–water partition coefficient (Wildman–Crippen LogP) is -0.926. The van der Waals surface area contributed by atoms with Gasteiger partial charge in [-0.05, 0) is 25.9 Å². The molecule has 14 heavy (non-hydrogen) atoms. The standard InChI is InChI=1S/C9H17N3O2/c10-4-2-1-3-5-12-6-8(13)11-9(14)7-12/h1-7,10H2,(H,11,13,14). The highest BCUT2D eigenvalue weighted by atomic mass is 16.2. The van der Waals surface area contributed by atoms with Crippen molar-refractivity contribution in [3.8, 4) is 0 Å². The van der Waals surface area contributed by atoms with Crippen LogP contribution in [-0.2, 0) is 9.59 Å². The summed E-state index contributed by atoms with van der Waals surface area (Å²) in [5.41, 5.74) is 5.36. The lowest BCUT2D eigenvalue weighted by Gasteiger charge is -2.24. The summed E-state index contributed by atoms with van der Waals surface area (Å²) in [6.45, 7) is 2.20. The zero-order valence-electron chi connectivity index (χ0n) is 8.29. The van der Waals surface area contributed by atoms with E-state index in [0.29, 0.717) is 19.6 Å². The second-order valence-corrected chi connectivity index (χ2v) is 3.53. The quantitative estimate of drug-likeness (QED) is 0.443. The summed E-state index contributed by atoms with van der Waals surface area (Å²) in [4.78, 5) is 23.8. The molecule has 0 aromatic heterocycles. The number of imide groups is 1. The van der Waals surface area contributed by atoms with E-state index in [1.807, 2.05) is 4.90 Å². The Bertz CT molecular complexity index is 202. The first-order valence-electron chi connectivity index (χ1n) is 4.97. The number of nitrogens with zero attached hydrogens (tertiary/aromatic N) is 1. The van der Waals surface area contributed by atoms with Gasteiger partial charge in [-0.2, -0.15) is 0 Å². The van der Waals surface area contributed by atoms with E-state index in [1.165, 1.54) is 0 Å². The minimum atomic E-state index is -0.194. The van der Waals surface area contributed by atoms with Crippen molar-refractivity contribution in [3.05, 3.63) is 0 Å². The van der Waals surface area contributed by atoms with Gasteiger partial charge in [0.05, 0.1) is 13.1 Å². The Kier molecular flexibility index (Phi) is 4.55. The van der Waals surface area contributed by atoms with Crippen molar-refractivity contribution in [1.29, 1.82) is 0 Å². The van der Waals surface area contributed by atoms with Gasteiger partial charge in [0.1, 0.15) is 0 Å². The number of unbranched alkanes of at least 4 members (excludes halogenated alkanes) is 2. The summed E-state index contributed by atoms with van der Waals surface area (Å²) in [6, 6.07) is 0. The van der Waals surface area contributed by atoms with Crippen molar-refractivity contribution in [1.82, 2.24) is 10.2 Å². The predicted molar refractivity (Wildman–Crippen MR) is 52.5 cm³/mol. The molecular weight excluding hydrogens is 182 g/mol. The molecule has 0 aromatic rings. The Labute approximate surface area is 83.6 Å². The normalized spacial score (nSPS) is 18.4. The first kappa shape index (κ1) is 11.1. The molecule has 0 unspecified atom stereocenters. The lowest BCUT2D eigenvalue weighted by Crippen LogP contribution is -2.51. The van der Waals surface area contributed by atoms with Gasteiger partial charge in [0.2, 0.25) is 11.8 Å². The van der Waals surface area contributed by atoms with Crippen LogP contribution in [0.2, 0.25) is 0 Å². The van der Waals surface area contributed by atoms with E-state index in [4.69, 9.17) is 5.73 Å². The lowest BCUT2D eigenvalue weighted by molar-refractivity contribution is -0.136. The maximum Gasteiger partial charge on any atom is 0.240 e. The number of hydrogen-bond donors (Lipinski definition) is 2. The Balaban J connectivity index is 2.17. The van der Waals surface area contributed by atoms with E-state index >= 15 is 0 Å². The first-order valence-corrected chi connectivity index (χ1v) is 4.97. The molecule has 0 saturated carbocycles. The number of carbonyl (C=O) groups excluding carboxylic acids is 2. The molecule has 1 heterocycles. The van der Waals surface area contributed by atoms with E-state index in [2.05, 4.69) is 5.32 Å². The number of nitrogens with two attached hydrogens (primary N) is 1. The highest BCUT2D eigenvalue weighted by Gasteiger charge is 2.21. The topological polar surface area (TPSA) is 75.4 Å². The minimum Gasteiger partial charge on any atom is -0.330 e. The van der Waals surface area contributed by atoms with Crippen LogP contribution in [-0.4, -0.2) is 42.9 Å². The van der Waals surface area contributed by atoms with Crippen LogP contribution in [0, 0.1) is 0 Å². The zero-order valence-corrected chi connectivity index (χ0v) is 8.29. The molecular formula is C9H17N3O2. The Morgan fingerprint density at radius 3 is 2.36 bits per heavy atom. The summed E-state index contributed by atoms with van der Waals surface area (Å²) in [6.07, 6.45) is 3.06. The van der Waals surface area contributed by atoms with E-state index in [9.17, 15) is 9.59 Å².